The maximum Gasteiger partial charge on any atom is 0.149 e. The predicted molar refractivity (Wildman–Crippen MR) is 64.5 cm³/mol. The van der Waals surface area contributed by atoms with Gasteiger partial charge in [-0.25, -0.2) is 4.39 Å². The molecule has 0 saturated heterocycles. The van der Waals surface area contributed by atoms with Gasteiger partial charge >= 0.3 is 0 Å². The second kappa shape index (κ2) is 4.23. The van der Waals surface area contributed by atoms with Crippen molar-refractivity contribution in [3.8, 4) is 0 Å². The molecule has 0 radical (unpaired) electrons. The fourth-order valence-corrected chi connectivity index (χ4v) is 1.64. The zero-order valence-corrected chi connectivity index (χ0v) is 8.78. The average molecular weight is 216 g/mol. The van der Waals surface area contributed by atoms with Gasteiger partial charge in [-0.2, -0.15) is 0 Å². The van der Waals surface area contributed by atoms with Crippen LogP contribution in [0.4, 0.5) is 15.8 Å². The molecule has 2 aromatic carbocycles. The molecule has 0 amide bonds. The van der Waals surface area contributed by atoms with Crippen LogP contribution in [-0.2, 0) is 6.42 Å². The van der Waals surface area contributed by atoms with Crippen LogP contribution in [0.5, 0.6) is 0 Å². The topological polar surface area (TPSA) is 52.0 Å². The second-order valence-electron chi connectivity index (χ2n) is 3.70. The first kappa shape index (κ1) is 10.5. The number of rotatable bonds is 2. The Morgan fingerprint density at radius 1 is 0.812 bits per heavy atom. The van der Waals surface area contributed by atoms with E-state index in [-0.39, 0.29) is 11.5 Å². The number of benzene rings is 2. The predicted octanol–water partition coefficient (Wildman–Crippen LogP) is 2.58. The SMILES string of the molecule is Nc1ccccc1Cc1cccc(N)c1F. The summed E-state index contributed by atoms with van der Waals surface area (Å²) in [5, 5.41) is 0. The van der Waals surface area contributed by atoms with E-state index in [2.05, 4.69) is 0 Å². The number of hydrogen-bond acceptors (Lipinski definition) is 2. The summed E-state index contributed by atoms with van der Waals surface area (Å²) in [6.45, 7) is 0. The molecule has 0 aliphatic carbocycles. The highest BCUT2D eigenvalue weighted by Gasteiger charge is 2.07. The van der Waals surface area contributed by atoms with Crippen LogP contribution in [0, 0.1) is 5.82 Å². The van der Waals surface area contributed by atoms with Crippen molar-refractivity contribution in [2.45, 2.75) is 6.42 Å². The molecule has 0 aromatic heterocycles. The van der Waals surface area contributed by atoms with Crippen molar-refractivity contribution in [1.82, 2.24) is 0 Å². The number of nitrogens with two attached hydrogens (primary N) is 2. The molecule has 0 unspecified atom stereocenters. The molecule has 0 spiro atoms. The lowest BCUT2D eigenvalue weighted by atomic mass is 10.0. The van der Waals surface area contributed by atoms with E-state index in [9.17, 15) is 4.39 Å². The van der Waals surface area contributed by atoms with E-state index >= 15 is 0 Å². The summed E-state index contributed by atoms with van der Waals surface area (Å²) in [4.78, 5) is 0. The van der Waals surface area contributed by atoms with E-state index < -0.39 is 0 Å². The molecule has 0 aliphatic heterocycles. The van der Waals surface area contributed by atoms with Crippen molar-refractivity contribution in [1.29, 1.82) is 0 Å². The first-order valence-electron chi connectivity index (χ1n) is 5.04. The quantitative estimate of drug-likeness (QED) is 0.758. The highest BCUT2D eigenvalue weighted by atomic mass is 19.1. The molecular formula is C13H13FN2. The molecule has 2 aromatic rings. The van der Waals surface area contributed by atoms with E-state index in [1.807, 2.05) is 18.2 Å². The van der Waals surface area contributed by atoms with Crippen molar-refractivity contribution in [2.24, 2.45) is 0 Å². The van der Waals surface area contributed by atoms with Gasteiger partial charge in [-0.1, -0.05) is 30.3 Å². The molecule has 4 N–H and O–H groups in total. The molecule has 0 heterocycles. The maximum atomic E-state index is 13.7. The van der Waals surface area contributed by atoms with E-state index in [0.29, 0.717) is 17.7 Å². The van der Waals surface area contributed by atoms with Crippen molar-refractivity contribution in [2.75, 3.05) is 11.5 Å². The summed E-state index contributed by atoms with van der Waals surface area (Å²) in [6.07, 6.45) is 0.462. The van der Waals surface area contributed by atoms with Gasteiger partial charge in [0.2, 0.25) is 0 Å². The van der Waals surface area contributed by atoms with Gasteiger partial charge < -0.3 is 11.5 Å². The first-order chi connectivity index (χ1) is 7.68. The number of halogens is 1. The van der Waals surface area contributed by atoms with Crippen molar-refractivity contribution in [3.63, 3.8) is 0 Å². The molecule has 16 heavy (non-hydrogen) atoms. The highest BCUT2D eigenvalue weighted by molar-refractivity contribution is 5.50. The molecule has 82 valence electrons. The largest absolute Gasteiger partial charge is 0.398 e. The number of nitrogen functional groups attached to an aromatic ring is 2. The lowest BCUT2D eigenvalue weighted by molar-refractivity contribution is 0.619. The highest BCUT2D eigenvalue weighted by Crippen LogP contribution is 2.20. The lowest BCUT2D eigenvalue weighted by Crippen LogP contribution is -2.00. The molecule has 0 aliphatic rings. The van der Waals surface area contributed by atoms with Crippen molar-refractivity contribution in [3.05, 3.63) is 59.4 Å². The third-order valence-electron chi connectivity index (χ3n) is 2.54. The summed E-state index contributed by atoms with van der Waals surface area (Å²) in [6, 6.07) is 12.4. The van der Waals surface area contributed by atoms with Crippen LogP contribution in [0.15, 0.2) is 42.5 Å². The molecule has 0 bridgehead atoms. The van der Waals surface area contributed by atoms with Gasteiger partial charge in [0, 0.05) is 12.1 Å². The Balaban J connectivity index is 2.35. The standard InChI is InChI=1S/C13H13FN2/c14-13-10(5-3-7-12(13)16)8-9-4-1-2-6-11(9)15/h1-7H,8,15-16H2. The summed E-state index contributed by atoms with van der Waals surface area (Å²) in [7, 11) is 0. The summed E-state index contributed by atoms with van der Waals surface area (Å²) in [5.74, 6) is -0.356. The normalized spacial score (nSPS) is 10.3. The van der Waals surface area contributed by atoms with Crippen LogP contribution in [0.25, 0.3) is 0 Å². The van der Waals surface area contributed by atoms with Gasteiger partial charge in [-0.3, -0.25) is 0 Å². The Bertz CT molecular complexity index is 509. The van der Waals surface area contributed by atoms with E-state index in [1.54, 1.807) is 24.3 Å². The number of anilines is 2. The smallest absolute Gasteiger partial charge is 0.149 e. The number of para-hydroxylation sites is 1. The van der Waals surface area contributed by atoms with Crippen LogP contribution < -0.4 is 11.5 Å². The van der Waals surface area contributed by atoms with Gasteiger partial charge in [-0.15, -0.1) is 0 Å². The molecular weight excluding hydrogens is 203 g/mol. The monoisotopic (exact) mass is 216 g/mol. The minimum Gasteiger partial charge on any atom is -0.398 e. The first-order valence-corrected chi connectivity index (χ1v) is 5.04. The third kappa shape index (κ3) is 1.98. The minimum absolute atomic E-state index is 0.173. The Labute approximate surface area is 93.7 Å². The van der Waals surface area contributed by atoms with Crippen LogP contribution in [0.2, 0.25) is 0 Å². The number of hydrogen-bond donors (Lipinski definition) is 2. The minimum atomic E-state index is -0.356. The summed E-state index contributed by atoms with van der Waals surface area (Å²) < 4.78 is 13.7. The molecule has 0 fully saturated rings. The van der Waals surface area contributed by atoms with Crippen LogP contribution in [-0.4, -0.2) is 0 Å². The Hall–Kier alpha value is -2.03. The van der Waals surface area contributed by atoms with Gasteiger partial charge in [-0.05, 0) is 23.3 Å². The molecule has 0 saturated carbocycles. The molecule has 3 heteroatoms. The van der Waals surface area contributed by atoms with Crippen molar-refractivity contribution < 1.29 is 4.39 Å². The zero-order valence-electron chi connectivity index (χ0n) is 8.78. The van der Waals surface area contributed by atoms with E-state index in [1.165, 1.54) is 0 Å². The van der Waals surface area contributed by atoms with Gasteiger partial charge in [0.25, 0.3) is 0 Å². The van der Waals surface area contributed by atoms with E-state index in [4.69, 9.17) is 11.5 Å². The Kier molecular flexibility index (Phi) is 2.77. The Morgan fingerprint density at radius 2 is 1.44 bits per heavy atom. The average Bonchev–Trinajstić information content (AvgIpc) is 2.28. The maximum absolute atomic E-state index is 13.7. The lowest BCUT2D eigenvalue weighted by Gasteiger charge is -2.07. The molecule has 0 atom stereocenters. The summed E-state index contributed by atoms with van der Waals surface area (Å²) >= 11 is 0. The van der Waals surface area contributed by atoms with Gasteiger partial charge in [0.05, 0.1) is 5.69 Å². The van der Waals surface area contributed by atoms with Gasteiger partial charge in [0.15, 0.2) is 0 Å². The van der Waals surface area contributed by atoms with Gasteiger partial charge in [0.1, 0.15) is 5.82 Å². The van der Waals surface area contributed by atoms with Crippen molar-refractivity contribution >= 4 is 11.4 Å². The molecule has 2 rings (SSSR count). The zero-order chi connectivity index (χ0) is 11.5. The molecule has 2 nitrogen and oxygen atoms in total. The van der Waals surface area contributed by atoms with Crippen LogP contribution >= 0.6 is 0 Å². The van der Waals surface area contributed by atoms with Crippen LogP contribution in [0.1, 0.15) is 11.1 Å². The van der Waals surface area contributed by atoms with Crippen LogP contribution in [0.3, 0.4) is 0 Å². The fraction of sp³-hybridized carbons (Fsp3) is 0.0769. The Morgan fingerprint density at radius 3 is 2.19 bits per heavy atom. The second-order valence-corrected chi connectivity index (χ2v) is 3.70. The fourth-order valence-electron chi connectivity index (χ4n) is 1.64. The van der Waals surface area contributed by atoms with E-state index in [0.717, 1.165) is 5.56 Å². The third-order valence-corrected chi connectivity index (χ3v) is 2.54. The summed E-state index contributed by atoms with van der Waals surface area (Å²) in [5.41, 5.74) is 13.6.